The van der Waals surface area contributed by atoms with E-state index in [9.17, 15) is 14.0 Å². The molecule has 9 nitrogen and oxygen atoms in total. The largest absolute Gasteiger partial charge is 0.390 e. The second-order valence-corrected chi connectivity index (χ2v) is 8.28. The first-order valence-corrected chi connectivity index (χ1v) is 10.9. The minimum atomic E-state index is -0.593. The van der Waals surface area contributed by atoms with E-state index in [0.717, 1.165) is 0 Å². The average Bonchev–Trinajstić information content (AvgIpc) is 2.81. The lowest BCUT2D eigenvalue weighted by atomic mass is 10.0. The summed E-state index contributed by atoms with van der Waals surface area (Å²) in [5.74, 6) is -0.696. The van der Waals surface area contributed by atoms with Gasteiger partial charge >= 0.3 is 5.69 Å². The second-order valence-electron chi connectivity index (χ2n) is 7.87. The molecule has 0 saturated carbocycles. The molecule has 0 unspecified atom stereocenters. The Balaban J connectivity index is 1.80. The van der Waals surface area contributed by atoms with Crippen LogP contribution >= 0.6 is 11.6 Å². The number of aromatic nitrogens is 2. The third kappa shape index (κ3) is 5.86. The summed E-state index contributed by atoms with van der Waals surface area (Å²) >= 11 is 5.89. The molecular weight excluding hydrogens is 475 g/mol. The third-order valence-electron chi connectivity index (χ3n) is 4.92. The number of hydrogen-bond acceptors (Lipinski definition) is 7. The number of likely N-dealkylation sites (N-methyl/N-ethyl adjacent to an activating group) is 1. The molecule has 4 N–H and O–H groups in total. The summed E-state index contributed by atoms with van der Waals surface area (Å²) in [7, 11) is 3.80. The summed E-state index contributed by atoms with van der Waals surface area (Å²) in [4.78, 5) is 38.7. The van der Waals surface area contributed by atoms with Crippen LogP contribution in [0.1, 0.15) is 5.56 Å². The Morgan fingerprint density at radius 3 is 2.83 bits per heavy atom. The Kier molecular flexibility index (Phi) is 7.14. The van der Waals surface area contributed by atoms with Gasteiger partial charge in [0.05, 0.1) is 21.9 Å². The van der Waals surface area contributed by atoms with E-state index in [-0.39, 0.29) is 16.7 Å². The fourth-order valence-corrected chi connectivity index (χ4v) is 3.51. The highest BCUT2D eigenvalue weighted by molar-refractivity contribution is 6.31. The highest BCUT2D eigenvalue weighted by Gasteiger charge is 2.16. The number of hydrogen-bond donors (Lipinski definition) is 4. The van der Waals surface area contributed by atoms with Crippen LogP contribution in [0.25, 0.3) is 16.6 Å². The zero-order valence-corrected chi connectivity index (χ0v) is 19.6. The van der Waals surface area contributed by atoms with E-state index in [1.807, 2.05) is 19.0 Å². The van der Waals surface area contributed by atoms with Crippen molar-refractivity contribution >= 4 is 51.3 Å². The van der Waals surface area contributed by atoms with Crippen molar-refractivity contribution in [1.29, 1.82) is 0 Å². The van der Waals surface area contributed by atoms with Gasteiger partial charge in [-0.3, -0.25) is 4.79 Å². The van der Waals surface area contributed by atoms with Crippen molar-refractivity contribution in [2.75, 3.05) is 31.3 Å². The van der Waals surface area contributed by atoms with E-state index in [4.69, 9.17) is 16.4 Å². The highest BCUT2D eigenvalue weighted by Crippen LogP contribution is 2.32. The lowest BCUT2D eigenvalue weighted by Gasteiger charge is -2.18. The second kappa shape index (κ2) is 10.4. The summed E-state index contributed by atoms with van der Waals surface area (Å²) < 4.78 is 13.6. The predicted molar refractivity (Wildman–Crippen MR) is 135 cm³/mol. The number of H-pyrrole nitrogens is 1. The monoisotopic (exact) mass is 496 g/mol. The Labute approximate surface area is 204 Å². The topological polar surface area (TPSA) is 111 Å². The standard InChI is InChI=1S/C24H22ClFN6O3/c1-32(2)9-3-6-22(33)28-20-13-16-21(12-15(20)19-5-4-10-35-31-19)29-24(34)30-23(16)27-14-7-8-18(26)17(25)11-14/h3-8,10-13,31H,9H2,1-2H3,(H,28,33)(H2,27,29,30,34)/b6-3+. The van der Waals surface area contributed by atoms with Crippen LogP contribution in [-0.4, -0.2) is 41.4 Å². The van der Waals surface area contributed by atoms with Crippen molar-refractivity contribution in [3.05, 3.63) is 87.8 Å². The number of halogens is 2. The fraction of sp³-hybridized carbons (Fsp3) is 0.125. The van der Waals surface area contributed by atoms with Gasteiger partial charge in [-0.25, -0.2) is 14.7 Å². The smallest absolute Gasteiger partial charge is 0.347 e. The molecule has 0 bridgehead atoms. The number of carbonyl (C=O) groups is 1. The zero-order chi connectivity index (χ0) is 24.9. The van der Waals surface area contributed by atoms with Crippen molar-refractivity contribution in [3.8, 4) is 0 Å². The van der Waals surface area contributed by atoms with Gasteiger partial charge in [-0.2, -0.15) is 4.98 Å². The van der Waals surface area contributed by atoms with Crippen LogP contribution in [0.15, 0.2) is 65.7 Å². The minimum Gasteiger partial charge on any atom is -0.390 e. The van der Waals surface area contributed by atoms with Crippen molar-refractivity contribution in [2.24, 2.45) is 0 Å². The minimum absolute atomic E-state index is 0.0766. The number of benzene rings is 2. The van der Waals surface area contributed by atoms with Crippen LogP contribution in [0, 0.1) is 5.82 Å². The number of fused-ring (bicyclic) bond motifs is 1. The van der Waals surface area contributed by atoms with Crippen LogP contribution in [0.5, 0.6) is 0 Å². The Morgan fingerprint density at radius 2 is 2.11 bits per heavy atom. The molecular formula is C24H22ClFN6O3. The van der Waals surface area contributed by atoms with Gasteiger partial charge in [-0.1, -0.05) is 17.7 Å². The van der Waals surface area contributed by atoms with Crippen molar-refractivity contribution in [3.63, 3.8) is 0 Å². The van der Waals surface area contributed by atoms with Gasteiger partial charge in [-0.05, 0) is 56.6 Å². The number of nitrogens with zero attached hydrogens (tertiary/aromatic N) is 2. The van der Waals surface area contributed by atoms with E-state index in [2.05, 4.69) is 26.1 Å². The lowest BCUT2D eigenvalue weighted by molar-refractivity contribution is -0.111. The first kappa shape index (κ1) is 24.0. The average molecular weight is 497 g/mol. The molecule has 35 heavy (non-hydrogen) atoms. The van der Waals surface area contributed by atoms with E-state index in [1.54, 1.807) is 30.4 Å². The molecule has 3 aromatic rings. The van der Waals surface area contributed by atoms with Crippen LogP contribution in [0.2, 0.25) is 5.02 Å². The maximum atomic E-state index is 13.6. The molecule has 1 amide bonds. The SMILES string of the molecule is CN(C)C/C=C/C(=O)Nc1cc2c(Nc3ccc(F)c(Cl)c3)nc(=O)[nH]c2cc1C1=CC=CON1. The Hall–Kier alpha value is -4.15. The van der Waals surface area contributed by atoms with Crippen LogP contribution in [0.4, 0.5) is 21.6 Å². The van der Waals surface area contributed by atoms with Gasteiger partial charge in [0.2, 0.25) is 5.91 Å². The molecule has 2 heterocycles. The normalized spacial score (nSPS) is 13.0. The molecule has 4 rings (SSSR count). The van der Waals surface area contributed by atoms with E-state index >= 15 is 0 Å². The molecule has 0 aliphatic carbocycles. The Morgan fingerprint density at radius 1 is 1.29 bits per heavy atom. The number of amides is 1. The molecule has 180 valence electrons. The summed E-state index contributed by atoms with van der Waals surface area (Å²) in [6.45, 7) is 0.600. The summed E-state index contributed by atoms with van der Waals surface area (Å²) in [5.41, 5.74) is 4.67. The van der Waals surface area contributed by atoms with E-state index in [0.29, 0.717) is 40.1 Å². The molecule has 0 radical (unpaired) electrons. The molecule has 1 aliphatic rings. The quantitative estimate of drug-likeness (QED) is 0.367. The molecule has 0 fully saturated rings. The molecule has 1 aromatic heterocycles. The third-order valence-corrected chi connectivity index (χ3v) is 5.21. The van der Waals surface area contributed by atoms with Crippen molar-refractivity contribution < 1.29 is 14.0 Å². The first-order valence-electron chi connectivity index (χ1n) is 10.5. The van der Waals surface area contributed by atoms with E-state index < -0.39 is 11.5 Å². The summed E-state index contributed by atoms with van der Waals surface area (Å²) in [6, 6.07) is 7.45. The number of allylic oxidation sites excluding steroid dienone is 2. The number of carbonyl (C=O) groups excluding carboxylic acids is 1. The summed E-state index contributed by atoms with van der Waals surface area (Å²) in [5, 5.41) is 6.31. The zero-order valence-electron chi connectivity index (χ0n) is 18.9. The van der Waals surface area contributed by atoms with E-state index in [1.165, 1.54) is 30.5 Å². The van der Waals surface area contributed by atoms with Gasteiger partial charge in [0, 0.05) is 29.3 Å². The van der Waals surface area contributed by atoms with Gasteiger partial charge in [0.15, 0.2) is 0 Å². The molecule has 1 aliphatic heterocycles. The number of anilines is 3. The predicted octanol–water partition coefficient (Wildman–Crippen LogP) is 3.90. The highest BCUT2D eigenvalue weighted by atomic mass is 35.5. The maximum Gasteiger partial charge on any atom is 0.347 e. The number of nitrogens with one attached hydrogen (secondary N) is 4. The lowest BCUT2D eigenvalue weighted by Crippen LogP contribution is -2.18. The maximum absolute atomic E-state index is 13.6. The number of rotatable bonds is 7. The van der Waals surface area contributed by atoms with Gasteiger partial charge in [0.1, 0.15) is 17.9 Å². The van der Waals surface area contributed by atoms with Gasteiger partial charge in [-0.15, -0.1) is 0 Å². The van der Waals surface area contributed by atoms with Crippen molar-refractivity contribution in [2.45, 2.75) is 0 Å². The first-order chi connectivity index (χ1) is 16.8. The summed E-state index contributed by atoms with van der Waals surface area (Å²) in [6.07, 6.45) is 8.11. The molecule has 0 spiro atoms. The molecule has 0 saturated heterocycles. The Bertz CT molecular complexity index is 1430. The van der Waals surface area contributed by atoms with Crippen molar-refractivity contribution in [1.82, 2.24) is 20.3 Å². The number of aromatic amines is 1. The van der Waals surface area contributed by atoms with Gasteiger partial charge in [0.25, 0.3) is 0 Å². The van der Waals surface area contributed by atoms with Crippen LogP contribution < -0.4 is 21.8 Å². The molecule has 2 aromatic carbocycles. The fourth-order valence-electron chi connectivity index (χ4n) is 3.33. The molecule has 0 atom stereocenters. The van der Waals surface area contributed by atoms with Crippen LogP contribution in [-0.2, 0) is 9.63 Å². The van der Waals surface area contributed by atoms with Gasteiger partial charge < -0.3 is 25.4 Å². The molecule has 11 heteroatoms. The van der Waals surface area contributed by atoms with Crippen LogP contribution in [0.3, 0.4) is 0 Å². The number of hydroxylamine groups is 1.